The van der Waals surface area contributed by atoms with Crippen molar-refractivity contribution in [1.82, 2.24) is 34.6 Å². The summed E-state index contributed by atoms with van der Waals surface area (Å²) < 4.78 is 7.22. The van der Waals surface area contributed by atoms with Gasteiger partial charge in [-0.3, -0.25) is 9.58 Å². The van der Waals surface area contributed by atoms with Gasteiger partial charge in [0.25, 0.3) is 0 Å². The molecule has 0 bridgehead atoms. The quantitative estimate of drug-likeness (QED) is 0.600. The van der Waals surface area contributed by atoms with Gasteiger partial charge in [0.15, 0.2) is 11.6 Å². The number of nitrogens with zero attached hydrogens (tertiary/aromatic N) is 6. The summed E-state index contributed by atoms with van der Waals surface area (Å²) in [6.07, 6.45) is 12.0. The smallest absolute Gasteiger partial charge is 0.195 e. The minimum absolute atomic E-state index is 0.00542. The highest BCUT2D eigenvalue weighted by atomic mass is 16.3. The maximum atomic E-state index is 5.39. The summed E-state index contributed by atoms with van der Waals surface area (Å²) >= 11 is 0. The molecule has 136 valence electrons. The van der Waals surface area contributed by atoms with Crippen LogP contribution in [0.25, 0.3) is 11.6 Å². The molecule has 0 aliphatic carbocycles. The number of aromatic nitrogens is 6. The molecule has 1 aliphatic heterocycles. The van der Waals surface area contributed by atoms with Gasteiger partial charge in [-0.2, -0.15) is 5.10 Å². The van der Waals surface area contributed by atoms with Gasteiger partial charge in [-0.25, -0.2) is 15.0 Å². The minimum Gasteiger partial charge on any atom is -0.461 e. The summed E-state index contributed by atoms with van der Waals surface area (Å²) in [6, 6.07) is 3.70. The Balaban J connectivity index is 1.49. The molecule has 27 heavy (non-hydrogen) atoms. The lowest BCUT2D eigenvalue weighted by Gasteiger charge is -2.34. The fraction of sp³-hybridized carbons (Fsp3) is 0.263. The summed E-state index contributed by atoms with van der Waals surface area (Å²) in [5.41, 5.74) is 4.41. The average Bonchev–Trinajstić information content (AvgIpc) is 3.44. The lowest BCUT2D eigenvalue weighted by Crippen LogP contribution is -2.36. The molecule has 0 spiro atoms. The monoisotopic (exact) mass is 361 g/mol. The van der Waals surface area contributed by atoms with Crippen molar-refractivity contribution in [2.24, 2.45) is 7.05 Å². The van der Waals surface area contributed by atoms with E-state index in [0.29, 0.717) is 11.6 Å². The number of hydrogen-bond acceptors (Lipinski definition) is 6. The zero-order chi connectivity index (χ0) is 18.2. The molecule has 0 unspecified atom stereocenters. The van der Waals surface area contributed by atoms with E-state index < -0.39 is 0 Å². The van der Waals surface area contributed by atoms with Gasteiger partial charge in [0.05, 0.1) is 30.5 Å². The number of H-pyrrole nitrogens is 1. The van der Waals surface area contributed by atoms with Crippen LogP contribution < -0.4 is 0 Å². The maximum absolute atomic E-state index is 5.39. The number of aryl methyl sites for hydroxylation is 1. The van der Waals surface area contributed by atoms with Crippen LogP contribution in [0.15, 0.2) is 53.9 Å². The third-order valence-corrected chi connectivity index (χ3v) is 4.90. The van der Waals surface area contributed by atoms with Gasteiger partial charge in [0, 0.05) is 62.0 Å². The molecular weight excluding hydrogens is 342 g/mol. The number of rotatable bonds is 4. The van der Waals surface area contributed by atoms with Gasteiger partial charge < -0.3 is 9.40 Å². The van der Waals surface area contributed by atoms with Gasteiger partial charge in [0.1, 0.15) is 0 Å². The molecule has 8 heteroatoms. The van der Waals surface area contributed by atoms with Crippen LogP contribution in [0.3, 0.4) is 0 Å². The van der Waals surface area contributed by atoms with E-state index in [1.165, 1.54) is 11.3 Å². The van der Waals surface area contributed by atoms with E-state index in [9.17, 15) is 0 Å². The first-order valence-electron chi connectivity index (χ1n) is 8.87. The predicted octanol–water partition coefficient (Wildman–Crippen LogP) is 2.34. The van der Waals surface area contributed by atoms with Crippen LogP contribution in [0.4, 0.5) is 0 Å². The molecule has 4 aromatic heterocycles. The van der Waals surface area contributed by atoms with Gasteiger partial charge in [-0.05, 0) is 12.1 Å². The average molecular weight is 361 g/mol. The van der Waals surface area contributed by atoms with Crippen molar-refractivity contribution in [2.45, 2.75) is 19.0 Å². The molecule has 5 rings (SSSR count). The fourth-order valence-electron chi connectivity index (χ4n) is 3.66. The number of hydrogen-bond donors (Lipinski definition) is 1. The van der Waals surface area contributed by atoms with Gasteiger partial charge in [-0.15, -0.1) is 0 Å². The van der Waals surface area contributed by atoms with Crippen molar-refractivity contribution >= 4 is 0 Å². The Labute approximate surface area is 155 Å². The minimum atomic E-state index is 0.00542. The standard InChI is InChI=1S/C19H19N7O/c1-25-10-13(7-24-25)11-26-5-4-15-17(23-12-22-15)18(26)14-8-20-19(21-9-14)16-3-2-6-27-16/h2-3,6-10,12,18H,4-5,11H2,1H3,(H,22,23)/t18-/m1/s1. The van der Waals surface area contributed by atoms with Crippen molar-refractivity contribution in [3.8, 4) is 11.6 Å². The molecule has 0 radical (unpaired) electrons. The van der Waals surface area contributed by atoms with E-state index in [1.807, 2.05) is 48.6 Å². The van der Waals surface area contributed by atoms with E-state index in [4.69, 9.17) is 4.42 Å². The van der Waals surface area contributed by atoms with Crippen LogP contribution in [0, 0.1) is 0 Å². The first-order chi connectivity index (χ1) is 13.3. The highest BCUT2D eigenvalue weighted by Gasteiger charge is 2.31. The second kappa shape index (κ2) is 6.48. The largest absolute Gasteiger partial charge is 0.461 e. The Hall–Kier alpha value is -3.26. The van der Waals surface area contributed by atoms with Gasteiger partial charge in [0.2, 0.25) is 0 Å². The number of imidazole rings is 1. The van der Waals surface area contributed by atoms with Crippen LogP contribution >= 0.6 is 0 Å². The predicted molar refractivity (Wildman–Crippen MR) is 97.5 cm³/mol. The number of aromatic amines is 1. The molecule has 0 saturated heterocycles. The van der Waals surface area contributed by atoms with E-state index in [0.717, 1.165) is 30.8 Å². The number of fused-ring (bicyclic) bond motifs is 1. The van der Waals surface area contributed by atoms with E-state index in [1.54, 1.807) is 12.6 Å². The topological polar surface area (TPSA) is 88.7 Å². The number of nitrogens with one attached hydrogen (secondary N) is 1. The zero-order valence-corrected chi connectivity index (χ0v) is 14.9. The second-order valence-corrected chi connectivity index (χ2v) is 6.73. The van der Waals surface area contributed by atoms with Crippen LogP contribution in [-0.4, -0.2) is 41.2 Å². The second-order valence-electron chi connectivity index (χ2n) is 6.73. The van der Waals surface area contributed by atoms with Crippen molar-refractivity contribution in [3.63, 3.8) is 0 Å². The highest BCUT2D eigenvalue weighted by molar-refractivity contribution is 5.46. The van der Waals surface area contributed by atoms with Crippen LogP contribution in [0.1, 0.15) is 28.6 Å². The van der Waals surface area contributed by atoms with Crippen molar-refractivity contribution < 1.29 is 4.42 Å². The molecule has 0 fully saturated rings. The third-order valence-electron chi connectivity index (χ3n) is 4.90. The summed E-state index contributed by atoms with van der Waals surface area (Å²) in [4.78, 5) is 19.3. The van der Waals surface area contributed by atoms with Gasteiger partial charge in [-0.1, -0.05) is 0 Å². The normalized spacial score (nSPS) is 17.1. The molecular formula is C19H19N7O. The molecule has 5 heterocycles. The van der Waals surface area contributed by atoms with E-state index >= 15 is 0 Å². The van der Waals surface area contributed by atoms with Crippen LogP contribution in [0.5, 0.6) is 0 Å². The first-order valence-corrected chi connectivity index (χ1v) is 8.87. The van der Waals surface area contributed by atoms with E-state index in [2.05, 4.69) is 29.9 Å². The molecule has 0 amide bonds. The summed E-state index contributed by atoms with van der Waals surface area (Å²) in [5.74, 6) is 1.25. The molecule has 4 aromatic rings. The Morgan fingerprint density at radius 3 is 2.85 bits per heavy atom. The highest BCUT2D eigenvalue weighted by Crippen LogP contribution is 2.34. The van der Waals surface area contributed by atoms with Gasteiger partial charge >= 0.3 is 0 Å². The first kappa shape index (κ1) is 16.0. The summed E-state index contributed by atoms with van der Waals surface area (Å²) in [6.45, 7) is 1.72. The van der Waals surface area contributed by atoms with E-state index in [-0.39, 0.29) is 6.04 Å². The molecule has 0 saturated carbocycles. The van der Waals surface area contributed by atoms with Crippen LogP contribution in [0.2, 0.25) is 0 Å². The molecule has 0 aromatic carbocycles. The van der Waals surface area contributed by atoms with Crippen molar-refractivity contribution in [1.29, 1.82) is 0 Å². The molecule has 1 aliphatic rings. The maximum Gasteiger partial charge on any atom is 0.195 e. The SMILES string of the molecule is Cn1cc(CN2CCc3[nH]cnc3[C@H]2c2cnc(-c3ccco3)nc2)cn1. The number of furan rings is 1. The molecule has 1 N–H and O–H groups in total. The van der Waals surface area contributed by atoms with Crippen molar-refractivity contribution in [2.75, 3.05) is 6.54 Å². The molecule has 1 atom stereocenters. The Kier molecular flexibility index (Phi) is 3.83. The third kappa shape index (κ3) is 2.93. The Bertz CT molecular complexity index is 1030. The summed E-state index contributed by atoms with van der Waals surface area (Å²) in [7, 11) is 1.93. The Morgan fingerprint density at radius 1 is 1.22 bits per heavy atom. The van der Waals surface area contributed by atoms with Crippen LogP contribution in [-0.2, 0) is 20.0 Å². The summed E-state index contributed by atoms with van der Waals surface area (Å²) in [5, 5.41) is 4.29. The molecule has 8 nitrogen and oxygen atoms in total. The zero-order valence-electron chi connectivity index (χ0n) is 14.9. The lowest BCUT2D eigenvalue weighted by atomic mass is 9.97. The van der Waals surface area contributed by atoms with Crippen molar-refractivity contribution in [3.05, 3.63) is 72.0 Å². The Morgan fingerprint density at radius 2 is 2.11 bits per heavy atom. The fourth-order valence-corrected chi connectivity index (χ4v) is 3.66. The lowest BCUT2D eigenvalue weighted by molar-refractivity contribution is 0.199.